The molecule has 0 bridgehead atoms. The summed E-state index contributed by atoms with van der Waals surface area (Å²) < 4.78 is 4.82. The van der Waals surface area contributed by atoms with Crippen molar-refractivity contribution in [1.29, 1.82) is 0 Å². The van der Waals surface area contributed by atoms with Gasteiger partial charge in [0.05, 0.1) is 11.0 Å². The number of benzene rings is 8. The highest BCUT2D eigenvalue weighted by atomic mass is 32.1. The Morgan fingerprint density at radius 1 is 0.357 bits per heavy atom. The Labute approximate surface area is 327 Å². The molecule has 0 spiro atoms. The lowest BCUT2D eigenvalue weighted by Gasteiger charge is -2.15. The summed E-state index contributed by atoms with van der Waals surface area (Å²) in [6, 6.07) is 68.4. The number of hydrogen-bond donors (Lipinski definition) is 0. The lowest BCUT2D eigenvalue weighted by molar-refractivity contribution is 1.08. The standard InChI is InChI=1S/C51H32N4S/c1-4-16-33(17-5-1)37-24-14-25-41-47-42(26-15-29-46(47)56-48(37)41)51-53-49(35-20-8-3-9-21-35)52-50(54-51)40-31-30-36(32-43(40)34-18-6-2-7-19-34)55-44-27-12-10-22-38(44)39-23-11-13-28-45(39)55/h1-32H. The number of para-hydroxylation sites is 2. The Hall–Kier alpha value is -7.21. The van der Waals surface area contributed by atoms with Crippen molar-refractivity contribution < 1.29 is 0 Å². The molecule has 0 fully saturated rings. The van der Waals surface area contributed by atoms with Crippen molar-refractivity contribution in [3.05, 3.63) is 194 Å². The minimum atomic E-state index is 0.628. The van der Waals surface area contributed by atoms with E-state index in [2.05, 4.69) is 180 Å². The molecule has 0 saturated carbocycles. The summed E-state index contributed by atoms with van der Waals surface area (Å²) in [7, 11) is 0. The Kier molecular flexibility index (Phi) is 7.64. The average Bonchev–Trinajstić information content (AvgIpc) is 3.83. The van der Waals surface area contributed by atoms with Gasteiger partial charge in [-0.05, 0) is 58.7 Å². The highest BCUT2D eigenvalue weighted by Gasteiger charge is 2.21. The molecule has 5 heteroatoms. The number of fused-ring (bicyclic) bond motifs is 6. The molecule has 11 aromatic rings. The average molecular weight is 733 g/mol. The fraction of sp³-hybridized carbons (Fsp3) is 0. The van der Waals surface area contributed by atoms with Gasteiger partial charge < -0.3 is 4.57 Å². The zero-order chi connectivity index (χ0) is 37.0. The predicted molar refractivity (Wildman–Crippen MR) is 234 cm³/mol. The summed E-state index contributed by atoms with van der Waals surface area (Å²) in [5.41, 5.74) is 10.9. The molecule has 0 amide bonds. The molecule has 0 aliphatic heterocycles. The second-order valence-corrected chi connectivity index (χ2v) is 15.0. The highest BCUT2D eigenvalue weighted by Crippen LogP contribution is 2.44. The van der Waals surface area contributed by atoms with Crippen LogP contribution in [-0.4, -0.2) is 19.5 Å². The van der Waals surface area contributed by atoms with Crippen LogP contribution in [0.2, 0.25) is 0 Å². The summed E-state index contributed by atoms with van der Waals surface area (Å²) in [5.74, 6) is 1.91. The normalized spacial score (nSPS) is 11.6. The third-order valence-corrected chi connectivity index (χ3v) is 11.9. The van der Waals surface area contributed by atoms with Crippen LogP contribution in [-0.2, 0) is 0 Å². The van der Waals surface area contributed by atoms with E-state index in [0.29, 0.717) is 17.5 Å². The van der Waals surface area contributed by atoms with E-state index in [1.165, 1.54) is 47.7 Å². The van der Waals surface area contributed by atoms with Crippen LogP contribution in [0.15, 0.2) is 194 Å². The number of hydrogen-bond acceptors (Lipinski definition) is 4. The maximum atomic E-state index is 5.37. The van der Waals surface area contributed by atoms with E-state index in [1.807, 2.05) is 29.5 Å². The van der Waals surface area contributed by atoms with E-state index >= 15 is 0 Å². The van der Waals surface area contributed by atoms with Crippen LogP contribution in [0.5, 0.6) is 0 Å². The molecule has 8 aromatic carbocycles. The van der Waals surface area contributed by atoms with Gasteiger partial charge in [-0.25, -0.2) is 15.0 Å². The highest BCUT2D eigenvalue weighted by molar-refractivity contribution is 7.26. The maximum absolute atomic E-state index is 5.37. The summed E-state index contributed by atoms with van der Waals surface area (Å²) in [6.45, 7) is 0. The minimum Gasteiger partial charge on any atom is -0.309 e. The first kappa shape index (κ1) is 32.2. The first-order chi connectivity index (χ1) is 27.8. The van der Waals surface area contributed by atoms with Crippen molar-refractivity contribution >= 4 is 53.3 Å². The molecule has 0 N–H and O–H groups in total. The van der Waals surface area contributed by atoms with Crippen LogP contribution in [0.4, 0.5) is 0 Å². The van der Waals surface area contributed by atoms with Crippen molar-refractivity contribution in [2.75, 3.05) is 0 Å². The maximum Gasteiger partial charge on any atom is 0.164 e. The Bertz CT molecular complexity index is 3190. The quantitative estimate of drug-likeness (QED) is 0.171. The summed E-state index contributed by atoms with van der Waals surface area (Å²) >= 11 is 1.82. The number of rotatable bonds is 6. The fourth-order valence-corrected chi connectivity index (χ4v) is 9.40. The summed E-state index contributed by atoms with van der Waals surface area (Å²) in [5, 5.41) is 4.82. The van der Waals surface area contributed by atoms with Crippen LogP contribution < -0.4 is 0 Å². The minimum absolute atomic E-state index is 0.628. The molecule has 56 heavy (non-hydrogen) atoms. The van der Waals surface area contributed by atoms with E-state index in [0.717, 1.165) is 38.9 Å². The zero-order valence-corrected chi connectivity index (χ0v) is 31.0. The van der Waals surface area contributed by atoms with Crippen LogP contribution in [0.1, 0.15) is 0 Å². The zero-order valence-electron chi connectivity index (χ0n) is 30.2. The molecule has 3 heterocycles. The fourth-order valence-electron chi connectivity index (χ4n) is 8.14. The van der Waals surface area contributed by atoms with E-state index in [-0.39, 0.29) is 0 Å². The molecule has 262 valence electrons. The van der Waals surface area contributed by atoms with Gasteiger partial charge in [0.2, 0.25) is 0 Å². The Morgan fingerprint density at radius 2 is 0.875 bits per heavy atom. The number of nitrogens with zero attached hydrogens (tertiary/aromatic N) is 4. The molecule has 3 aromatic heterocycles. The molecule has 0 atom stereocenters. The molecule has 0 unspecified atom stereocenters. The lowest BCUT2D eigenvalue weighted by atomic mass is 9.97. The van der Waals surface area contributed by atoms with Crippen LogP contribution in [0.25, 0.3) is 104 Å². The van der Waals surface area contributed by atoms with E-state index in [4.69, 9.17) is 15.0 Å². The Balaban J connectivity index is 1.16. The topological polar surface area (TPSA) is 43.6 Å². The van der Waals surface area contributed by atoms with Gasteiger partial charge in [0, 0.05) is 53.3 Å². The second kappa shape index (κ2) is 13.3. The van der Waals surface area contributed by atoms with Gasteiger partial charge in [-0.15, -0.1) is 11.3 Å². The first-order valence-electron chi connectivity index (χ1n) is 18.8. The molecule has 4 nitrogen and oxygen atoms in total. The van der Waals surface area contributed by atoms with Crippen molar-refractivity contribution in [2.24, 2.45) is 0 Å². The van der Waals surface area contributed by atoms with Crippen LogP contribution in [0.3, 0.4) is 0 Å². The van der Waals surface area contributed by atoms with Gasteiger partial charge in [-0.1, -0.05) is 158 Å². The lowest BCUT2D eigenvalue weighted by Crippen LogP contribution is -2.02. The molecular formula is C51H32N4S. The molecule has 0 radical (unpaired) electrons. The van der Waals surface area contributed by atoms with Crippen molar-refractivity contribution in [3.63, 3.8) is 0 Å². The van der Waals surface area contributed by atoms with Crippen LogP contribution >= 0.6 is 11.3 Å². The molecule has 0 aliphatic carbocycles. The third-order valence-electron chi connectivity index (χ3n) is 10.7. The van der Waals surface area contributed by atoms with Gasteiger partial charge in [0.25, 0.3) is 0 Å². The van der Waals surface area contributed by atoms with Gasteiger partial charge in [0.1, 0.15) is 0 Å². The van der Waals surface area contributed by atoms with Crippen LogP contribution in [0, 0.1) is 0 Å². The summed E-state index contributed by atoms with van der Waals surface area (Å²) in [4.78, 5) is 15.8. The van der Waals surface area contributed by atoms with Crippen molar-refractivity contribution in [3.8, 4) is 62.1 Å². The SMILES string of the molecule is c1ccc(-c2nc(-c3ccc(-n4c5ccccc5c5ccccc54)cc3-c3ccccc3)nc(-c3cccc4sc5c(-c6ccccc6)cccc5c34)n2)cc1. The van der Waals surface area contributed by atoms with E-state index < -0.39 is 0 Å². The molecule has 0 saturated heterocycles. The predicted octanol–water partition coefficient (Wildman–Crippen LogP) is 13.7. The smallest absolute Gasteiger partial charge is 0.164 e. The van der Waals surface area contributed by atoms with E-state index in [1.54, 1.807) is 0 Å². The molecular weight excluding hydrogens is 701 g/mol. The number of aromatic nitrogens is 4. The van der Waals surface area contributed by atoms with Crippen molar-refractivity contribution in [1.82, 2.24) is 19.5 Å². The van der Waals surface area contributed by atoms with Gasteiger partial charge in [-0.3, -0.25) is 0 Å². The second-order valence-electron chi connectivity index (χ2n) is 14.0. The van der Waals surface area contributed by atoms with Gasteiger partial charge in [0.15, 0.2) is 17.5 Å². The Morgan fingerprint density at radius 3 is 1.55 bits per heavy atom. The molecule has 11 rings (SSSR count). The largest absolute Gasteiger partial charge is 0.309 e. The monoisotopic (exact) mass is 732 g/mol. The number of thiophene rings is 1. The first-order valence-corrected chi connectivity index (χ1v) is 19.6. The van der Waals surface area contributed by atoms with Gasteiger partial charge in [-0.2, -0.15) is 0 Å². The van der Waals surface area contributed by atoms with E-state index in [9.17, 15) is 0 Å². The third kappa shape index (κ3) is 5.32. The van der Waals surface area contributed by atoms with Gasteiger partial charge >= 0.3 is 0 Å². The summed E-state index contributed by atoms with van der Waals surface area (Å²) in [6.07, 6.45) is 0. The molecule has 0 aliphatic rings. The van der Waals surface area contributed by atoms with Crippen molar-refractivity contribution in [2.45, 2.75) is 0 Å².